The Bertz CT molecular complexity index is 216. The van der Waals surface area contributed by atoms with E-state index in [0.29, 0.717) is 0 Å². The van der Waals surface area contributed by atoms with Gasteiger partial charge < -0.3 is 9.80 Å². The Hall–Kier alpha value is 0.270. The maximum absolute atomic E-state index is 2.66. The van der Waals surface area contributed by atoms with Gasteiger partial charge in [-0.15, -0.1) is 0 Å². The van der Waals surface area contributed by atoms with Crippen LogP contribution in [0.3, 0.4) is 0 Å². The maximum Gasteiger partial charge on any atom is 0.0108 e. The summed E-state index contributed by atoms with van der Waals surface area (Å²) in [5.74, 6) is 3.67. The van der Waals surface area contributed by atoms with Gasteiger partial charge in [-0.2, -0.15) is 11.8 Å². The monoisotopic (exact) mass is 256 g/mol. The van der Waals surface area contributed by atoms with Gasteiger partial charge in [-0.1, -0.05) is 6.92 Å². The predicted octanol–water partition coefficient (Wildman–Crippen LogP) is 2.55. The molecule has 2 aliphatic rings. The van der Waals surface area contributed by atoms with Crippen molar-refractivity contribution in [2.75, 3.05) is 44.7 Å². The molecule has 0 saturated carbocycles. The van der Waals surface area contributed by atoms with Crippen LogP contribution in [0, 0.1) is 5.92 Å². The Morgan fingerprint density at radius 2 is 2.00 bits per heavy atom. The molecule has 1 atom stereocenters. The lowest BCUT2D eigenvalue weighted by Crippen LogP contribution is -2.43. The van der Waals surface area contributed by atoms with Crippen molar-refractivity contribution in [2.45, 2.75) is 38.6 Å². The molecule has 0 bridgehead atoms. The molecule has 17 heavy (non-hydrogen) atoms. The highest BCUT2D eigenvalue weighted by molar-refractivity contribution is 7.99. The molecule has 0 spiro atoms. The third kappa shape index (κ3) is 4.15. The topological polar surface area (TPSA) is 6.48 Å². The van der Waals surface area contributed by atoms with E-state index in [1.165, 1.54) is 63.4 Å². The van der Waals surface area contributed by atoms with Crippen molar-refractivity contribution in [2.24, 2.45) is 5.92 Å². The minimum atomic E-state index is 0.869. The van der Waals surface area contributed by atoms with Gasteiger partial charge in [-0.05, 0) is 63.2 Å². The Balaban J connectivity index is 1.74. The van der Waals surface area contributed by atoms with Crippen molar-refractivity contribution in [1.29, 1.82) is 0 Å². The first-order valence-electron chi connectivity index (χ1n) is 7.30. The molecule has 0 aromatic heterocycles. The second-order valence-corrected chi connectivity index (χ2v) is 6.91. The molecule has 0 aliphatic carbocycles. The van der Waals surface area contributed by atoms with E-state index in [1.54, 1.807) is 0 Å². The van der Waals surface area contributed by atoms with Crippen LogP contribution < -0.4 is 0 Å². The number of hydrogen-bond donors (Lipinski definition) is 0. The van der Waals surface area contributed by atoms with Gasteiger partial charge in [-0.25, -0.2) is 0 Å². The van der Waals surface area contributed by atoms with Crippen LogP contribution >= 0.6 is 11.8 Å². The van der Waals surface area contributed by atoms with Crippen molar-refractivity contribution < 1.29 is 0 Å². The van der Waals surface area contributed by atoms with E-state index in [9.17, 15) is 0 Å². The van der Waals surface area contributed by atoms with Crippen LogP contribution in [-0.2, 0) is 0 Å². The Labute approximate surface area is 111 Å². The lowest BCUT2D eigenvalue weighted by Gasteiger charge is -2.37. The zero-order valence-corrected chi connectivity index (χ0v) is 12.3. The van der Waals surface area contributed by atoms with Gasteiger partial charge in [0.05, 0.1) is 0 Å². The first kappa shape index (κ1) is 13.7. The van der Waals surface area contributed by atoms with Gasteiger partial charge in [0.15, 0.2) is 0 Å². The molecular weight excluding hydrogens is 228 g/mol. The van der Waals surface area contributed by atoms with Gasteiger partial charge >= 0.3 is 0 Å². The number of likely N-dealkylation sites (tertiary alicyclic amines) is 1. The van der Waals surface area contributed by atoms with Crippen LogP contribution in [0.2, 0.25) is 0 Å². The van der Waals surface area contributed by atoms with E-state index < -0.39 is 0 Å². The van der Waals surface area contributed by atoms with Gasteiger partial charge in [0.2, 0.25) is 0 Å². The molecule has 0 aromatic rings. The molecule has 0 amide bonds. The van der Waals surface area contributed by atoms with Crippen LogP contribution in [-0.4, -0.2) is 60.6 Å². The summed E-state index contributed by atoms with van der Waals surface area (Å²) in [6.45, 7) is 7.52. The third-order valence-electron chi connectivity index (χ3n) is 4.41. The van der Waals surface area contributed by atoms with E-state index >= 15 is 0 Å². The summed E-state index contributed by atoms with van der Waals surface area (Å²) in [7, 11) is 2.35. The van der Waals surface area contributed by atoms with Crippen molar-refractivity contribution in [1.82, 2.24) is 9.80 Å². The van der Waals surface area contributed by atoms with Crippen molar-refractivity contribution in [3.63, 3.8) is 0 Å². The number of thioether (sulfide) groups is 1. The van der Waals surface area contributed by atoms with E-state index in [-0.39, 0.29) is 0 Å². The Morgan fingerprint density at radius 3 is 2.71 bits per heavy atom. The fourth-order valence-corrected chi connectivity index (χ4v) is 4.35. The molecule has 0 aromatic carbocycles. The fourth-order valence-electron chi connectivity index (χ4n) is 3.27. The first-order valence-corrected chi connectivity index (χ1v) is 8.45. The lowest BCUT2D eigenvalue weighted by atomic mass is 9.96. The summed E-state index contributed by atoms with van der Waals surface area (Å²) in [5.41, 5.74) is 0. The Morgan fingerprint density at radius 1 is 1.24 bits per heavy atom. The van der Waals surface area contributed by atoms with Crippen molar-refractivity contribution >= 4 is 11.8 Å². The largest absolute Gasteiger partial charge is 0.303 e. The summed E-state index contributed by atoms with van der Waals surface area (Å²) < 4.78 is 0. The summed E-state index contributed by atoms with van der Waals surface area (Å²) in [6, 6.07) is 0.869. The number of rotatable bonds is 4. The molecule has 0 radical (unpaired) electrons. The molecule has 2 aliphatic heterocycles. The van der Waals surface area contributed by atoms with Gasteiger partial charge in [0, 0.05) is 19.1 Å². The van der Waals surface area contributed by atoms with E-state index in [4.69, 9.17) is 0 Å². The van der Waals surface area contributed by atoms with E-state index in [2.05, 4.69) is 35.5 Å². The second kappa shape index (κ2) is 7.01. The van der Waals surface area contributed by atoms with Crippen LogP contribution in [0.1, 0.15) is 32.6 Å². The van der Waals surface area contributed by atoms with Crippen LogP contribution in [0.4, 0.5) is 0 Å². The minimum absolute atomic E-state index is 0.869. The number of hydrogen-bond acceptors (Lipinski definition) is 3. The quantitative estimate of drug-likeness (QED) is 0.763. The molecule has 2 fully saturated rings. The molecule has 100 valence electrons. The zero-order chi connectivity index (χ0) is 12.1. The summed E-state index contributed by atoms with van der Waals surface area (Å²) in [4.78, 5) is 5.28. The standard InChI is InChI=1S/C14H28N2S/c1-3-16-8-4-5-13(12-16)11-15(2)14-6-9-17-10-7-14/h13-14H,3-12H2,1-2H3/t13-/m0/s1. The van der Waals surface area contributed by atoms with Crippen molar-refractivity contribution in [3.05, 3.63) is 0 Å². The third-order valence-corrected chi connectivity index (χ3v) is 5.46. The normalized spacial score (nSPS) is 28.8. The Kier molecular flexibility index (Phi) is 5.64. The van der Waals surface area contributed by atoms with Gasteiger partial charge in [0.25, 0.3) is 0 Å². The molecule has 2 saturated heterocycles. The SMILES string of the molecule is CCN1CCC[C@@H](CN(C)C2CCSCC2)C1. The summed E-state index contributed by atoms with van der Waals surface area (Å²) in [5, 5.41) is 0. The smallest absolute Gasteiger partial charge is 0.0108 e. The first-order chi connectivity index (χ1) is 8.29. The predicted molar refractivity (Wildman–Crippen MR) is 77.8 cm³/mol. The molecule has 2 rings (SSSR count). The average Bonchev–Trinajstić information content (AvgIpc) is 2.40. The second-order valence-electron chi connectivity index (χ2n) is 5.68. The maximum atomic E-state index is 2.66. The highest BCUT2D eigenvalue weighted by atomic mass is 32.2. The van der Waals surface area contributed by atoms with E-state index in [0.717, 1.165) is 12.0 Å². The van der Waals surface area contributed by atoms with Crippen molar-refractivity contribution in [3.8, 4) is 0 Å². The molecule has 2 heterocycles. The molecular formula is C14H28N2S. The van der Waals surface area contributed by atoms with Crippen LogP contribution in [0.25, 0.3) is 0 Å². The lowest BCUT2D eigenvalue weighted by molar-refractivity contribution is 0.125. The highest BCUT2D eigenvalue weighted by Crippen LogP contribution is 2.23. The molecule has 0 unspecified atom stereocenters. The average molecular weight is 256 g/mol. The van der Waals surface area contributed by atoms with E-state index in [1.807, 2.05) is 0 Å². The molecule has 3 heteroatoms. The number of nitrogens with zero attached hydrogens (tertiary/aromatic N) is 2. The minimum Gasteiger partial charge on any atom is -0.303 e. The van der Waals surface area contributed by atoms with Crippen LogP contribution in [0.15, 0.2) is 0 Å². The van der Waals surface area contributed by atoms with Gasteiger partial charge in [0.1, 0.15) is 0 Å². The molecule has 0 N–H and O–H groups in total. The zero-order valence-electron chi connectivity index (χ0n) is 11.5. The summed E-state index contributed by atoms with van der Waals surface area (Å²) >= 11 is 2.13. The van der Waals surface area contributed by atoms with Crippen LogP contribution in [0.5, 0.6) is 0 Å². The molecule has 2 nitrogen and oxygen atoms in total. The van der Waals surface area contributed by atoms with Gasteiger partial charge in [-0.3, -0.25) is 0 Å². The summed E-state index contributed by atoms with van der Waals surface area (Å²) in [6.07, 6.45) is 5.67. The number of piperidine rings is 1. The highest BCUT2D eigenvalue weighted by Gasteiger charge is 2.24. The fraction of sp³-hybridized carbons (Fsp3) is 1.00.